The predicted molar refractivity (Wildman–Crippen MR) is 166 cm³/mol. The molecule has 7 rings (SSSR count). The molecule has 224 valence electrons. The van der Waals surface area contributed by atoms with Crippen LogP contribution in [0.5, 0.6) is 5.88 Å². The Morgan fingerprint density at radius 3 is 2.72 bits per heavy atom. The second kappa shape index (κ2) is 11.2. The Morgan fingerprint density at radius 2 is 1.95 bits per heavy atom. The van der Waals surface area contributed by atoms with Crippen molar-refractivity contribution in [2.45, 2.75) is 89.8 Å². The van der Waals surface area contributed by atoms with Crippen LogP contribution in [0.1, 0.15) is 93.2 Å². The van der Waals surface area contributed by atoms with E-state index >= 15 is 0 Å². The van der Waals surface area contributed by atoms with Gasteiger partial charge in [0, 0.05) is 29.1 Å². The lowest BCUT2D eigenvalue weighted by atomic mass is 9.87. The van der Waals surface area contributed by atoms with E-state index in [9.17, 15) is 9.59 Å². The molecule has 9 nitrogen and oxygen atoms in total. The molecule has 1 amide bonds. The molecule has 0 bridgehead atoms. The number of aromatic amines is 1. The zero-order chi connectivity index (χ0) is 30.4. The summed E-state index contributed by atoms with van der Waals surface area (Å²) < 4.78 is 5.95. The maximum Gasteiger partial charge on any atom is 0.272 e. The van der Waals surface area contributed by atoms with E-state index in [4.69, 9.17) is 20.4 Å². The van der Waals surface area contributed by atoms with Crippen molar-refractivity contribution in [2.75, 3.05) is 6.61 Å². The van der Waals surface area contributed by atoms with Crippen molar-refractivity contribution in [3.8, 4) is 5.88 Å². The number of carbonyl (C=O) groups excluding carboxylic acids is 1. The normalized spacial score (nSPS) is 19.0. The average Bonchev–Trinajstić information content (AvgIpc) is 3.80. The SMILES string of the molecule is CC.CC1(C)COc2nc(CN(C(=O)C3(c4ccc5c(=O)[nH]nc(CN)c5c4)CC3)C3CCCc4cccnc43)ccc21. The molecule has 2 aliphatic carbocycles. The highest BCUT2D eigenvalue weighted by Crippen LogP contribution is 2.52. The molecule has 3 N–H and O–H groups in total. The standard InChI is InChI=1S/C32H34N6O3.C2H6/c1-31(2)18-41-29-24(31)11-9-21(35-29)17-38(26-7-3-5-19-6-4-14-34-27(19)26)30(40)32(12-13-32)20-8-10-22-23(15-20)25(16-33)36-37-28(22)39;1-2/h4,6,8-11,14-15,26H,3,5,7,12-13,16-18,33H2,1-2H3,(H,37,39);1-2H3. The summed E-state index contributed by atoms with van der Waals surface area (Å²) in [6.45, 7) is 9.45. The van der Waals surface area contributed by atoms with E-state index < -0.39 is 5.41 Å². The zero-order valence-corrected chi connectivity index (χ0v) is 25.4. The first kappa shape index (κ1) is 29.0. The molecular formula is C34H40N6O3. The van der Waals surface area contributed by atoms with Crippen LogP contribution in [0.25, 0.3) is 10.8 Å². The average molecular weight is 581 g/mol. The number of nitrogens with one attached hydrogen (secondary N) is 1. The van der Waals surface area contributed by atoms with Gasteiger partial charge in [-0.15, -0.1) is 0 Å². The van der Waals surface area contributed by atoms with Crippen LogP contribution in [-0.4, -0.2) is 37.6 Å². The zero-order valence-electron chi connectivity index (χ0n) is 25.4. The van der Waals surface area contributed by atoms with Gasteiger partial charge in [0.15, 0.2) is 0 Å². The van der Waals surface area contributed by atoms with Crippen LogP contribution in [0.2, 0.25) is 0 Å². The van der Waals surface area contributed by atoms with Gasteiger partial charge in [0.05, 0.1) is 47.1 Å². The molecule has 0 radical (unpaired) electrons. The minimum atomic E-state index is -0.676. The third-order valence-corrected chi connectivity index (χ3v) is 9.12. The van der Waals surface area contributed by atoms with Gasteiger partial charge in [0.2, 0.25) is 11.8 Å². The molecule has 1 aliphatic heterocycles. The van der Waals surface area contributed by atoms with Crippen molar-refractivity contribution in [3.63, 3.8) is 0 Å². The first-order valence-electron chi connectivity index (χ1n) is 15.4. The number of rotatable bonds is 6. The van der Waals surface area contributed by atoms with E-state index in [-0.39, 0.29) is 29.5 Å². The summed E-state index contributed by atoms with van der Waals surface area (Å²) in [5.74, 6) is 0.723. The fraction of sp³-hybridized carbons (Fsp3) is 0.441. The van der Waals surface area contributed by atoms with Gasteiger partial charge in [-0.3, -0.25) is 14.6 Å². The van der Waals surface area contributed by atoms with Gasteiger partial charge in [-0.25, -0.2) is 10.1 Å². The Kier molecular flexibility index (Phi) is 7.54. The number of hydrogen-bond acceptors (Lipinski definition) is 7. The monoisotopic (exact) mass is 580 g/mol. The Labute approximate surface area is 251 Å². The summed E-state index contributed by atoms with van der Waals surface area (Å²) in [4.78, 5) is 38.9. The molecule has 4 heterocycles. The smallest absolute Gasteiger partial charge is 0.272 e. The number of fused-ring (bicyclic) bond motifs is 3. The van der Waals surface area contributed by atoms with Gasteiger partial charge >= 0.3 is 0 Å². The Morgan fingerprint density at radius 1 is 1.14 bits per heavy atom. The summed E-state index contributed by atoms with van der Waals surface area (Å²) in [5.41, 5.74) is 10.5. The van der Waals surface area contributed by atoms with Crippen LogP contribution in [-0.2, 0) is 35.1 Å². The lowest BCUT2D eigenvalue weighted by Crippen LogP contribution is -2.43. The lowest BCUT2D eigenvalue weighted by Gasteiger charge is -2.37. The molecular weight excluding hydrogens is 540 g/mol. The van der Waals surface area contributed by atoms with Gasteiger partial charge in [0.1, 0.15) is 0 Å². The predicted octanol–water partition coefficient (Wildman–Crippen LogP) is 5.01. The lowest BCUT2D eigenvalue weighted by molar-refractivity contribution is -0.137. The molecule has 43 heavy (non-hydrogen) atoms. The van der Waals surface area contributed by atoms with Crippen molar-refractivity contribution in [2.24, 2.45) is 5.73 Å². The molecule has 3 aliphatic rings. The van der Waals surface area contributed by atoms with Crippen molar-refractivity contribution in [3.05, 3.63) is 92.8 Å². The number of aromatic nitrogens is 4. The third-order valence-electron chi connectivity index (χ3n) is 9.12. The molecule has 0 spiro atoms. The number of hydrogen-bond donors (Lipinski definition) is 2. The molecule has 1 fully saturated rings. The molecule has 3 aromatic heterocycles. The van der Waals surface area contributed by atoms with Crippen molar-refractivity contribution in [1.82, 2.24) is 25.1 Å². The van der Waals surface area contributed by atoms with E-state index in [0.29, 0.717) is 35.5 Å². The van der Waals surface area contributed by atoms with E-state index in [2.05, 4.69) is 36.2 Å². The molecule has 1 aromatic carbocycles. The van der Waals surface area contributed by atoms with Gasteiger partial charge < -0.3 is 15.4 Å². The Balaban J connectivity index is 0.00000161. The highest BCUT2D eigenvalue weighted by molar-refractivity contribution is 5.94. The van der Waals surface area contributed by atoms with Gasteiger partial charge in [-0.05, 0) is 67.5 Å². The summed E-state index contributed by atoms with van der Waals surface area (Å²) in [6, 6.07) is 13.7. The fourth-order valence-corrected chi connectivity index (χ4v) is 6.60. The van der Waals surface area contributed by atoms with Gasteiger partial charge in [-0.2, -0.15) is 5.10 Å². The fourth-order valence-electron chi connectivity index (χ4n) is 6.60. The van der Waals surface area contributed by atoms with Gasteiger partial charge in [0.25, 0.3) is 5.56 Å². The summed E-state index contributed by atoms with van der Waals surface area (Å²) in [5, 5.41) is 7.91. The second-order valence-electron chi connectivity index (χ2n) is 12.3. The van der Waals surface area contributed by atoms with Crippen LogP contribution >= 0.6 is 0 Å². The van der Waals surface area contributed by atoms with Crippen LogP contribution in [0.15, 0.2) is 53.5 Å². The largest absolute Gasteiger partial charge is 0.477 e. The molecule has 9 heteroatoms. The number of aryl methyl sites for hydroxylation is 1. The van der Waals surface area contributed by atoms with E-state index in [0.717, 1.165) is 54.6 Å². The topological polar surface area (TPSA) is 127 Å². The number of pyridine rings is 2. The van der Waals surface area contributed by atoms with Crippen molar-refractivity contribution < 1.29 is 9.53 Å². The minimum Gasteiger partial charge on any atom is -0.477 e. The number of H-pyrrole nitrogens is 1. The van der Waals surface area contributed by atoms with Crippen molar-refractivity contribution >= 4 is 16.7 Å². The maximum atomic E-state index is 14.8. The van der Waals surface area contributed by atoms with Crippen LogP contribution in [0.4, 0.5) is 0 Å². The van der Waals surface area contributed by atoms with Crippen LogP contribution in [0, 0.1) is 0 Å². The number of ether oxygens (including phenoxy) is 1. The van der Waals surface area contributed by atoms with E-state index in [1.54, 1.807) is 6.07 Å². The molecule has 1 saturated carbocycles. The number of amides is 1. The molecule has 1 unspecified atom stereocenters. The highest BCUT2D eigenvalue weighted by Gasteiger charge is 2.54. The van der Waals surface area contributed by atoms with Crippen LogP contribution < -0.4 is 16.0 Å². The number of nitrogens with zero attached hydrogens (tertiary/aromatic N) is 4. The number of benzene rings is 1. The molecule has 4 aromatic rings. The third kappa shape index (κ3) is 4.99. The van der Waals surface area contributed by atoms with E-state index in [1.807, 2.05) is 49.2 Å². The number of nitrogens with two attached hydrogens (primary N) is 1. The first-order chi connectivity index (χ1) is 20.8. The molecule has 1 atom stereocenters. The summed E-state index contributed by atoms with van der Waals surface area (Å²) in [6.07, 6.45) is 6.08. The summed E-state index contributed by atoms with van der Waals surface area (Å²) in [7, 11) is 0. The maximum absolute atomic E-state index is 14.8. The van der Waals surface area contributed by atoms with Crippen LogP contribution in [0.3, 0.4) is 0 Å². The Bertz CT molecular complexity index is 1740. The van der Waals surface area contributed by atoms with Crippen molar-refractivity contribution in [1.29, 1.82) is 0 Å². The molecule has 0 saturated heterocycles. The minimum absolute atomic E-state index is 0.0657. The van der Waals surface area contributed by atoms with Gasteiger partial charge in [-0.1, -0.05) is 45.9 Å². The number of carbonyl (C=O) groups is 1. The summed E-state index contributed by atoms with van der Waals surface area (Å²) >= 11 is 0. The van der Waals surface area contributed by atoms with E-state index in [1.165, 1.54) is 5.56 Å². The highest BCUT2D eigenvalue weighted by atomic mass is 16.5. The second-order valence-corrected chi connectivity index (χ2v) is 12.3. The first-order valence-corrected chi connectivity index (χ1v) is 15.4. The quantitative estimate of drug-likeness (QED) is 0.328. The Hall–Kier alpha value is -4.11.